The number of carbonyl (C=O) groups excluding carboxylic acids is 4. The molecule has 0 aromatic rings. The van der Waals surface area contributed by atoms with Gasteiger partial charge in [0.2, 0.25) is 11.8 Å². The lowest BCUT2D eigenvalue weighted by Gasteiger charge is -2.25. The van der Waals surface area contributed by atoms with Gasteiger partial charge in [-0.2, -0.15) is 0 Å². The molecule has 0 aliphatic heterocycles. The summed E-state index contributed by atoms with van der Waals surface area (Å²) in [5.74, 6) is -0.671. The van der Waals surface area contributed by atoms with E-state index >= 15 is 0 Å². The Kier molecular flexibility index (Phi) is 13.3. The van der Waals surface area contributed by atoms with Gasteiger partial charge in [0.15, 0.2) is 0 Å². The van der Waals surface area contributed by atoms with Crippen LogP contribution in [0.2, 0.25) is 0 Å². The number of hydrogen-bond donors (Lipinski definition) is 4. The molecule has 0 bridgehead atoms. The maximum Gasteiger partial charge on any atom is 0.408 e. The fourth-order valence-corrected chi connectivity index (χ4v) is 2.58. The molecule has 0 aliphatic rings. The summed E-state index contributed by atoms with van der Waals surface area (Å²) in [6, 6.07) is -1.40. The van der Waals surface area contributed by atoms with Crippen LogP contribution >= 0.6 is 0 Å². The predicted octanol–water partition coefficient (Wildman–Crippen LogP) is 3.02. The number of alkyl carbamates (subject to hydrolysis) is 2. The molecule has 0 unspecified atom stereocenters. The van der Waals surface area contributed by atoms with Crippen LogP contribution in [0.1, 0.15) is 75.2 Å². The molecule has 10 nitrogen and oxygen atoms in total. The van der Waals surface area contributed by atoms with Crippen molar-refractivity contribution < 1.29 is 28.7 Å². The van der Waals surface area contributed by atoms with E-state index < -0.39 is 35.5 Å². The molecule has 4 amide bonds. The summed E-state index contributed by atoms with van der Waals surface area (Å²) < 4.78 is 10.3. The lowest BCUT2D eigenvalue weighted by Crippen LogP contribution is -2.51. The van der Waals surface area contributed by atoms with Gasteiger partial charge in [-0.15, -0.1) is 0 Å². The number of amides is 4. The maximum absolute atomic E-state index is 12.4. The van der Waals surface area contributed by atoms with E-state index in [9.17, 15) is 19.2 Å². The minimum atomic E-state index is -0.711. The third-order valence-corrected chi connectivity index (χ3v) is 4.14. The molecule has 4 N–H and O–H groups in total. The summed E-state index contributed by atoms with van der Waals surface area (Å²) in [6.07, 6.45) is 3.75. The third kappa shape index (κ3) is 15.9. The van der Waals surface area contributed by atoms with Crippen molar-refractivity contribution in [1.29, 1.82) is 0 Å². The molecule has 0 rings (SSSR count). The van der Waals surface area contributed by atoms with E-state index in [4.69, 9.17) is 9.47 Å². The molecule has 0 fully saturated rings. The summed E-state index contributed by atoms with van der Waals surface area (Å²) >= 11 is 0. The smallest absolute Gasteiger partial charge is 0.408 e. The van der Waals surface area contributed by atoms with E-state index in [1.165, 1.54) is 0 Å². The average molecular weight is 485 g/mol. The maximum atomic E-state index is 12.4. The van der Waals surface area contributed by atoms with Gasteiger partial charge in [0.1, 0.15) is 23.3 Å². The monoisotopic (exact) mass is 484 g/mol. The van der Waals surface area contributed by atoms with Gasteiger partial charge in [-0.05, 0) is 67.2 Å². The van der Waals surface area contributed by atoms with Crippen LogP contribution in [0.3, 0.4) is 0 Å². The number of nitrogens with one attached hydrogen (secondary N) is 4. The third-order valence-electron chi connectivity index (χ3n) is 4.14. The minimum Gasteiger partial charge on any atom is -0.444 e. The van der Waals surface area contributed by atoms with Gasteiger partial charge in [-0.3, -0.25) is 9.59 Å². The van der Waals surface area contributed by atoms with E-state index in [1.54, 1.807) is 48.5 Å². The molecule has 34 heavy (non-hydrogen) atoms. The summed E-state index contributed by atoms with van der Waals surface area (Å²) in [5, 5.41) is 10.7. The van der Waals surface area contributed by atoms with Crippen molar-refractivity contribution in [1.82, 2.24) is 21.3 Å². The van der Waals surface area contributed by atoms with Crippen molar-refractivity contribution in [2.75, 3.05) is 13.1 Å². The van der Waals surface area contributed by atoms with E-state index in [1.807, 2.05) is 26.0 Å². The van der Waals surface area contributed by atoms with E-state index in [2.05, 4.69) is 21.3 Å². The Labute approximate surface area is 204 Å². The highest BCUT2D eigenvalue weighted by molar-refractivity contribution is 5.86. The molecule has 0 radical (unpaired) electrons. The van der Waals surface area contributed by atoms with Crippen LogP contribution < -0.4 is 21.3 Å². The van der Waals surface area contributed by atoms with Crippen molar-refractivity contribution in [3.63, 3.8) is 0 Å². The largest absolute Gasteiger partial charge is 0.444 e. The zero-order valence-electron chi connectivity index (χ0n) is 22.2. The van der Waals surface area contributed by atoms with Crippen molar-refractivity contribution in [3.8, 4) is 0 Å². The van der Waals surface area contributed by atoms with Gasteiger partial charge in [0.05, 0.1) is 0 Å². The Balaban J connectivity index is 4.20. The summed E-state index contributed by atoms with van der Waals surface area (Å²) in [4.78, 5) is 48.1. The van der Waals surface area contributed by atoms with Gasteiger partial charge < -0.3 is 30.7 Å². The summed E-state index contributed by atoms with van der Waals surface area (Å²) in [5.41, 5.74) is -1.27. The molecular formula is C24H44N4O6. The van der Waals surface area contributed by atoms with Crippen LogP contribution in [-0.2, 0) is 19.1 Å². The molecule has 0 saturated carbocycles. The summed E-state index contributed by atoms with van der Waals surface area (Å²) in [7, 11) is 0. The van der Waals surface area contributed by atoms with E-state index in [-0.39, 0.29) is 17.7 Å². The Bertz CT molecular complexity index is 707. The molecule has 0 aliphatic carbocycles. The molecule has 0 heterocycles. The van der Waals surface area contributed by atoms with Crippen LogP contribution in [0.25, 0.3) is 0 Å². The number of ether oxygens (including phenoxy) is 2. The summed E-state index contributed by atoms with van der Waals surface area (Å²) in [6.45, 7) is 16.6. The first-order valence-corrected chi connectivity index (χ1v) is 11.7. The topological polar surface area (TPSA) is 135 Å². The molecule has 0 saturated heterocycles. The quantitative estimate of drug-likeness (QED) is 0.263. The Morgan fingerprint density at radius 1 is 0.706 bits per heavy atom. The average Bonchev–Trinajstić information content (AvgIpc) is 2.64. The van der Waals surface area contributed by atoms with Crippen LogP contribution in [0.15, 0.2) is 12.2 Å². The fourth-order valence-electron chi connectivity index (χ4n) is 2.58. The molecule has 2 atom stereocenters. The highest BCUT2D eigenvalue weighted by Gasteiger charge is 2.26. The van der Waals surface area contributed by atoms with E-state index in [0.717, 1.165) is 0 Å². The predicted molar refractivity (Wildman–Crippen MR) is 131 cm³/mol. The standard InChI is InChI=1S/C24H44N4O6/c1-16(2)18(28-22(32)34-24(7,8)9)20(30)26-15-13-11-10-12-14-25-19(29)17(3)27-21(31)33-23(4,5)6/h10-11,16-18H,12-15H2,1-9H3,(H,25,29)(H,26,30)(H,27,31)(H,28,32)/b11-10-/t17-,18-/m0/s1. The number of hydrogen-bond acceptors (Lipinski definition) is 6. The first-order valence-electron chi connectivity index (χ1n) is 11.7. The first-order chi connectivity index (χ1) is 15.5. The Morgan fingerprint density at radius 2 is 1.12 bits per heavy atom. The van der Waals surface area contributed by atoms with E-state index in [0.29, 0.717) is 25.9 Å². The SMILES string of the molecule is CC(C)[C@H](NC(=O)OC(C)(C)C)C(=O)NCC/C=C\CCNC(=O)[C@H](C)NC(=O)OC(C)(C)C. The Hall–Kier alpha value is -2.78. The Morgan fingerprint density at radius 3 is 1.53 bits per heavy atom. The van der Waals surface area contributed by atoms with Crippen LogP contribution in [0, 0.1) is 5.92 Å². The van der Waals surface area contributed by atoms with Crippen LogP contribution in [0.5, 0.6) is 0 Å². The van der Waals surface area contributed by atoms with Gasteiger partial charge in [0, 0.05) is 13.1 Å². The molecule has 0 aromatic heterocycles. The lowest BCUT2D eigenvalue weighted by molar-refractivity contribution is -0.124. The van der Waals surface area contributed by atoms with Gasteiger partial charge in [0.25, 0.3) is 0 Å². The second-order valence-electron chi connectivity index (χ2n) is 10.4. The van der Waals surface area contributed by atoms with Crippen LogP contribution in [0.4, 0.5) is 9.59 Å². The van der Waals surface area contributed by atoms with Gasteiger partial charge >= 0.3 is 12.2 Å². The molecule has 0 aromatic carbocycles. The molecule has 10 heteroatoms. The number of carbonyl (C=O) groups is 4. The minimum absolute atomic E-state index is 0.0983. The lowest BCUT2D eigenvalue weighted by atomic mass is 10.0. The highest BCUT2D eigenvalue weighted by Crippen LogP contribution is 2.09. The van der Waals surface area contributed by atoms with Crippen molar-refractivity contribution in [2.24, 2.45) is 5.92 Å². The van der Waals surface area contributed by atoms with Crippen molar-refractivity contribution in [2.45, 2.75) is 98.4 Å². The molecule has 0 spiro atoms. The van der Waals surface area contributed by atoms with Crippen LogP contribution in [-0.4, -0.2) is 60.4 Å². The molecular weight excluding hydrogens is 440 g/mol. The molecule has 196 valence electrons. The van der Waals surface area contributed by atoms with Crippen molar-refractivity contribution >= 4 is 24.0 Å². The first kappa shape index (κ1) is 31.2. The normalized spacial score (nSPS) is 13.7. The zero-order valence-corrected chi connectivity index (χ0v) is 22.2. The highest BCUT2D eigenvalue weighted by atomic mass is 16.6. The van der Waals surface area contributed by atoms with Gasteiger partial charge in [-0.25, -0.2) is 9.59 Å². The van der Waals surface area contributed by atoms with Gasteiger partial charge in [-0.1, -0.05) is 26.0 Å². The number of rotatable bonds is 11. The second-order valence-corrected chi connectivity index (χ2v) is 10.4. The zero-order chi connectivity index (χ0) is 26.5. The second kappa shape index (κ2) is 14.5. The fraction of sp³-hybridized carbons (Fsp3) is 0.750. The van der Waals surface area contributed by atoms with Crippen molar-refractivity contribution in [3.05, 3.63) is 12.2 Å².